The zero-order chi connectivity index (χ0) is 15.6. The van der Waals surface area contributed by atoms with E-state index in [4.69, 9.17) is 17.3 Å². The summed E-state index contributed by atoms with van der Waals surface area (Å²) in [6.07, 6.45) is 0. The fourth-order valence-electron chi connectivity index (χ4n) is 1.85. The average molecular weight is 329 g/mol. The van der Waals surface area contributed by atoms with E-state index in [-0.39, 0.29) is 22.0 Å². The van der Waals surface area contributed by atoms with E-state index >= 15 is 0 Å². The summed E-state index contributed by atoms with van der Waals surface area (Å²) in [5.41, 5.74) is 6.18. The number of rotatable bonds is 4. The standard InChI is InChI=1S/C14H14ClFN2O2S/c1-18(11-5-3-2-4-6-11)21(19,20)12-7-10(9-17)14(15)13(16)8-12/h2-8H,9,17H2,1H3. The maximum absolute atomic E-state index is 13.8. The smallest absolute Gasteiger partial charge is 0.264 e. The van der Waals surface area contributed by atoms with Crippen molar-refractivity contribution in [3.8, 4) is 0 Å². The quantitative estimate of drug-likeness (QED) is 0.938. The van der Waals surface area contributed by atoms with Crippen LogP contribution in [0.15, 0.2) is 47.4 Å². The zero-order valence-corrected chi connectivity index (χ0v) is 12.8. The Morgan fingerprint density at radius 3 is 2.43 bits per heavy atom. The molecule has 0 aliphatic rings. The molecule has 0 aliphatic heterocycles. The maximum atomic E-state index is 13.8. The van der Waals surface area contributed by atoms with Gasteiger partial charge in [-0.2, -0.15) is 0 Å². The Morgan fingerprint density at radius 1 is 1.24 bits per heavy atom. The molecule has 2 aromatic rings. The highest BCUT2D eigenvalue weighted by Crippen LogP contribution is 2.27. The third-order valence-corrected chi connectivity index (χ3v) is 5.26. The predicted molar refractivity (Wildman–Crippen MR) is 81.3 cm³/mol. The summed E-state index contributed by atoms with van der Waals surface area (Å²) in [6.45, 7) is -0.0475. The second-order valence-electron chi connectivity index (χ2n) is 4.39. The van der Waals surface area contributed by atoms with E-state index in [2.05, 4.69) is 0 Å². The lowest BCUT2D eigenvalue weighted by Gasteiger charge is -2.20. The first-order valence-corrected chi connectivity index (χ1v) is 7.91. The summed E-state index contributed by atoms with van der Waals surface area (Å²) in [5, 5.41) is -0.154. The number of para-hydroxylation sites is 1. The molecular formula is C14H14ClFN2O2S. The Bertz CT molecular complexity index is 751. The van der Waals surface area contributed by atoms with Gasteiger partial charge in [0.15, 0.2) is 0 Å². The lowest BCUT2D eigenvalue weighted by Crippen LogP contribution is -2.26. The van der Waals surface area contributed by atoms with Crippen LogP contribution in [0, 0.1) is 5.82 Å². The van der Waals surface area contributed by atoms with E-state index in [9.17, 15) is 12.8 Å². The molecule has 4 nitrogen and oxygen atoms in total. The summed E-state index contributed by atoms with van der Waals surface area (Å²) in [4.78, 5) is -0.184. The first-order valence-electron chi connectivity index (χ1n) is 6.10. The predicted octanol–water partition coefficient (Wildman–Crippen LogP) is 2.76. The van der Waals surface area contributed by atoms with E-state index in [0.717, 1.165) is 10.4 Å². The fraction of sp³-hybridized carbons (Fsp3) is 0.143. The Morgan fingerprint density at radius 2 is 1.86 bits per heavy atom. The highest BCUT2D eigenvalue weighted by atomic mass is 35.5. The lowest BCUT2D eigenvalue weighted by atomic mass is 10.2. The van der Waals surface area contributed by atoms with E-state index in [1.165, 1.54) is 13.1 Å². The molecule has 2 aromatic carbocycles. The van der Waals surface area contributed by atoms with Gasteiger partial charge in [-0.25, -0.2) is 12.8 Å². The summed E-state index contributed by atoms with van der Waals surface area (Å²) < 4.78 is 39.9. The molecule has 21 heavy (non-hydrogen) atoms. The van der Waals surface area contributed by atoms with Crippen LogP contribution in [0.1, 0.15) is 5.56 Å². The molecule has 0 fully saturated rings. The van der Waals surface area contributed by atoms with Crippen molar-refractivity contribution in [1.29, 1.82) is 0 Å². The molecule has 2 rings (SSSR count). The highest BCUT2D eigenvalue weighted by molar-refractivity contribution is 7.92. The molecule has 0 heterocycles. The summed E-state index contributed by atoms with van der Waals surface area (Å²) in [6, 6.07) is 10.7. The lowest BCUT2D eigenvalue weighted by molar-refractivity contribution is 0.588. The van der Waals surface area contributed by atoms with Crippen LogP contribution in [0.2, 0.25) is 5.02 Å². The number of nitrogens with zero attached hydrogens (tertiary/aromatic N) is 1. The number of sulfonamides is 1. The van der Waals surface area contributed by atoms with Gasteiger partial charge < -0.3 is 5.73 Å². The molecule has 0 bridgehead atoms. The molecule has 0 saturated carbocycles. The third-order valence-electron chi connectivity index (χ3n) is 3.08. The molecule has 0 atom stereocenters. The van der Waals surface area contributed by atoms with E-state index in [1.807, 2.05) is 0 Å². The monoisotopic (exact) mass is 328 g/mol. The van der Waals surface area contributed by atoms with Crippen molar-refractivity contribution in [3.63, 3.8) is 0 Å². The van der Waals surface area contributed by atoms with Gasteiger partial charge in [-0.05, 0) is 29.8 Å². The van der Waals surface area contributed by atoms with Crippen LogP contribution in [-0.4, -0.2) is 15.5 Å². The van der Waals surface area contributed by atoms with Gasteiger partial charge in [0, 0.05) is 13.6 Å². The van der Waals surface area contributed by atoms with Crippen molar-refractivity contribution in [1.82, 2.24) is 0 Å². The molecule has 0 saturated heterocycles. The van der Waals surface area contributed by atoms with Crippen LogP contribution >= 0.6 is 11.6 Å². The van der Waals surface area contributed by atoms with Crippen molar-refractivity contribution < 1.29 is 12.8 Å². The van der Waals surface area contributed by atoms with Gasteiger partial charge >= 0.3 is 0 Å². The molecule has 0 unspecified atom stereocenters. The number of hydrogen-bond acceptors (Lipinski definition) is 3. The van der Waals surface area contributed by atoms with Crippen LogP contribution in [0.4, 0.5) is 10.1 Å². The number of benzene rings is 2. The van der Waals surface area contributed by atoms with Crippen molar-refractivity contribution in [2.75, 3.05) is 11.4 Å². The SMILES string of the molecule is CN(c1ccccc1)S(=O)(=O)c1cc(F)c(Cl)c(CN)c1. The first kappa shape index (κ1) is 15.8. The van der Waals surface area contributed by atoms with Gasteiger partial charge in [0.2, 0.25) is 0 Å². The maximum Gasteiger partial charge on any atom is 0.264 e. The average Bonchev–Trinajstić information content (AvgIpc) is 2.49. The summed E-state index contributed by atoms with van der Waals surface area (Å²) >= 11 is 5.75. The van der Waals surface area contributed by atoms with Gasteiger partial charge in [0.05, 0.1) is 15.6 Å². The van der Waals surface area contributed by atoms with Crippen LogP contribution in [-0.2, 0) is 16.6 Å². The summed E-state index contributed by atoms with van der Waals surface area (Å²) in [5.74, 6) is -0.806. The Hall–Kier alpha value is -1.63. The minimum atomic E-state index is -3.88. The number of halogens is 2. The van der Waals surface area contributed by atoms with Gasteiger partial charge in [0.1, 0.15) is 5.82 Å². The van der Waals surface area contributed by atoms with E-state index in [0.29, 0.717) is 5.69 Å². The van der Waals surface area contributed by atoms with Gasteiger partial charge in [-0.3, -0.25) is 4.31 Å². The molecule has 7 heteroatoms. The molecule has 2 N–H and O–H groups in total. The Labute approximate surface area is 128 Å². The molecule has 112 valence electrons. The normalized spacial score (nSPS) is 11.4. The van der Waals surface area contributed by atoms with Gasteiger partial charge in [-0.1, -0.05) is 29.8 Å². The van der Waals surface area contributed by atoms with Crippen LogP contribution in [0.25, 0.3) is 0 Å². The first-order chi connectivity index (χ1) is 9.87. The van der Waals surface area contributed by atoms with Crippen LogP contribution < -0.4 is 10.0 Å². The second kappa shape index (κ2) is 6.01. The minimum absolute atomic E-state index is 0.0475. The van der Waals surface area contributed by atoms with Crippen molar-refractivity contribution in [3.05, 3.63) is 58.9 Å². The van der Waals surface area contributed by atoms with E-state index in [1.54, 1.807) is 30.3 Å². The Balaban J connectivity index is 2.52. The molecule has 0 radical (unpaired) electrons. The molecule has 0 aliphatic carbocycles. The molecule has 0 amide bonds. The second-order valence-corrected chi connectivity index (χ2v) is 6.74. The highest BCUT2D eigenvalue weighted by Gasteiger charge is 2.23. The number of hydrogen-bond donors (Lipinski definition) is 1. The summed E-state index contributed by atoms with van der Waals surface area (Å²) in [7, 11) is -2.48. The van der Waals surface area contributed by atoms with Crippen molar-refractivity contribution in [2.45, 2.75) is 11.4 Å². The number of anilines is 1. The van der Waals surface area contributed by atoms with Crippen molar-refractivity contribution in [2.24, 2.45) is 5.73 Å². The van der Waals surface area contributed by atoms with Crippen LogP contribution in [0.5, 0.6) is 0 Å². The van der Waals surface area contributed by atoms with E-state index < -0.39 is 15.8 Å². The fourth-order valence-corrected chi connectivity index (χ4v) is 3.30. The Kier molecular flexibility index (Phi) is 4.51. The van der Waals surface area contributed by atoms with Crippen molar-refractivity contribution >= 4 is 27.3 Å². The zero-order valence-electron chi connectivity index (χ0n) is 11.3. The van der Waals surface area contributed by atoms with Gasteiger partial charge in [-0.15, -0.1) is 0 Å². The topological polar surface area (TPSA) is 63.4 Å². The van der Waals surface area contributed by atoms with Gasteiger partial charge in [0.25, 0.3) is 10.0 Å². The third kappa shape index (κ3) is 3.02. The molecular weight excluding hydrogens is 315 g/mol. The minimum Gasteiger partial charge on any atom is -0.326 e. The molecule has 0 aromatic heterocycles. The largest absolute Gasteiger partial charge is 0.326 e. The molecule has 0 spiro atoms. The number of nitrogens with two attached hydrogens (primary N) is 1. The van der Waals surface area contributed by atoms with Crippen LogP contribution in [0.3, 0.4) is 0 Å².